The van der Waals surface area contributed by atoms with Crippen LogP contribution in [0.3, 0.4) is 0 Å². The van der Waals surface area contributed by atoms with E-state index in [1.54, 1.807) is 32.7 Å². The Morgan fingerprint density at radius 3 is 2.36 bits per heavy atom. The van der Waals surface area contributed by atoms with Crippen molar-refractivity contribution in [3.05, 3.63) is 105 Å². The number of likely N-dealkylation sites (tertiary alicyclic amines) is 2. The molecule has 0 saturated carbocycles. The van der Waals surface area contributed by atoms with Gasteiger partial charge in [0.15, 0.2) is 0 Å². The number of aromatic nitrogens is 2. The maximum Gasteiger partial charge on any atom is 0.399 e. The Labute approximate surface area is 417 Å². The van der Waals surface area contributed by atoms with Gasteiger partial charge in [-0.2, -0.15) is 8.78 Å². The topological polar surface area (TPSA) is 222 Å². The maximum atomic E-state index is 15.0. The number of hydrogen-bond acceptors (Lipinski definition) is 11. The van der Waals surface area contributed by atoms with E-state index in [1.807, 2.05) is 48.5 Å². The summed E-state index contributed by atoms with van der Waals surface area (Å²) in [5, 5.41) is 5.38. The van der Waals surface area contributed by atoms with Crippen molar-refractivity contribution in [2.24, 2.45) is 12.5 Å². The van der Waals surface area contributed by atoms with E-state index in [4.69, 9.17) is 9.47 Å². The van der Waals surface area contributed by atoms with Crippen LogP contribution in [0.4, 0.5) is 8.78 Å². The third kappa shape index (κ3) is 10.2. The Bertz CT molecular complexity index is 3030. The number of ether oxygens (including phenoxy) is 2. The molecular weight excluding hydrogens is 976 g/mol. The highest BCUT2D eigenvalue weighted by atomic mass is 32.1. The summed E-state index contributed by atoms with van der Waals surface area (Å²) in [6, 6.07) is 16.8. The van der Waals surface area contributed by atoms with Crippen molar-refractivity contribution >= 4 is 69.6 Å². The number of thiophene rings is 1. The lowest BCUT2D eigenvalue weighted by Crippen LogP contribution is -2.60. The fourth-order valence-corrected chi connectivity index (χ4v) is 11.7. The van der Waals surface area contributed by atoms with Gasteiger partial charge in [-0.25, -0.2) is 4.79 Å². The van der Waals surface area contributed by atoms with E-state index in [0.717, 1.165) is 34.6 Å². The third-order valence-corrected chi connectivity index (χ3v) is 16.4. The molecule has 4 aliphatic rings. The molecule has 0 bridgehead atoms. The van der Waals surface area contributed by atoms with Crippen LogP contribution in [-0.4, -0.2) is 127 Å². The average Bonchev–Trinajstić information content (AvgIpc) is 4.04. The molecule has 5 aromatic rings. The van der Waals surface area contributed by atoms with Crippen LogP contribution in [0.5, 0.6) is 0 Å². The van der Waals surface area contributed by atoms with Crippen molar-refractivity contribution in [1.29, 1.82) is 0 Å². The smallest absolute Gasteiger partial charge is 0.372 e. The summed E-state index contributed by atoms with van der Waals surface area (Å²) in [4.78, 5) is 106. The van der Waals surface area contributed by atoms with E-state index in [-0.39, 0.29) is 66.4 Å². The first-order valence-electron chi connectivity index (χ1n) is 24.0. The van der Waals surface area contributed by atoms with Crippen molar-refractivity contribution in [1.82, 2.24) is 34.5 Å². The number of hydrogen-bond donors (Lipinski definition) is 4. The van der Waals surface area contributed by atoms with Crippen LogP contribution in [-0.2, 0) is 52.5 Å². The fourth-order valence-electron chi connectivity index (χ4n) is 10.3. The molecule has 3 aromatic carbocycles. The fraction of sp³-hybridized carbons (Fsp3) is 0.480. The second kappa shape index (κ2) is 20.0. The van der Waals surface area contributed by atoms with Gasteiger partial charge < -0.3 is 34.4 Å². The van der Waals surface area contributed by atoms with Crippen LogP contribution >= 0.6 is 18.9 Å². The largest absolute Gasteiger partial charge is 0.399 e. The minimum Gasteiger partial charge on any atom is -0.372 e. The number of carbonyl (C=O) groups is 5. The molecule has 72 heavy (non-hydrogen) atoms. The van der Waals surface area contributed by atoms with Gasteiger partial charge in [0.1, 0.15) is 24.2 Å². The summed E-state index contributed by atoms with van der Waals surface area (Å²) < 4.78 is 57.2. The Kier molecular flexibility index (Phi) is 14.2. The molecule has 6 heterocycles. The zero-order valence-electron chi connectivity index (χ0n) is 40.3. The van der Waals surface area contributed by atoms with Crippen LogP contribution in [0.1, 0.15) is 91.4 Å². The van der Waals surface area contributed by atoms with Gasteiger partial charge in [-0.3, -0.25) is 47.9 Å². The van der Waals surface area contributed by atoms with Gasteiger partial charge in [-0.05, 0) is 77.9 Å². The first kappa shape index (κ1) is 51.2. The highest BCUT2D eigenvalue weighted by Crippen LogP contribution is 2.59. The third-order valence-electron chi connectivity index (χ3n) is 14.3. The van der Waals surface area contributed by atoms with E-state index in [9.17, 15) is 51.9 Å². The normalized spacial score (nSPS) is 22.4. The maximum absolute atomic E-state index is 15.0. The number of piperidine rings is 2. The molecule has 2 aromatic heterocycles. The molecule has 4 fully saturated rings. The van der Waals surface area contributed by atoms with Crippen LogP contribution in [0, 0.1) is 5.41 Å². The van der Waals surface area contributed by atoms with E-state index in [1.165, 1.54) is 26.2 Å². The van der Waals surface area contributed by atoms with Crippen molar-refractivity contribution in [2.75, 3.05) is 39.3 Å². The number of imidazole rings is 1. The van der Waals surface area contributed by atoms with Gasteiger partial charge in [-0.15, -0.1) is 11.3 Å². The molecule has 4 aliphatic heterocycles. The molecule has 18 nitrogen and oxygen atoms in total. The summed E-state index contributed by atoms with van der Waals surface area (Å²) in [7, 11) is -4.18. The number of carbonyl (C=O) groups excluding carboxylic acids is 5. The average molecular weight is 1030 g/mol. The molecular formula is C50H58F2N7O11PS. The molecule has 4 N–H and O–H groups in total. The number of nitrogens with zero attached hydrogens (tertiary/aromatic N) is 5. The van der Waals surface area contributed by atoms with Gasteiger partial charge in [0.2, 0.25) is 23.6 Å². The monoisotopic (exact) mass is 1030 g/mol. The van der Waals surface area contributed by atoms with Crippen molar-refractivity contribution in [3.8, 4) is 0 Å². The molecule has 9 rings (SSSR count). The predicted molar refractivity (Wildman–Crippen MR) is 262 cm³/mol. The minimum atomic E-state index is -5.84. The number of halogens is 2. The quantitative estimate of drug-likeness (QED) is 0.0941. The lowest BCUT2D eigenvalue weighted by molar-refractivity contribution is -0.156. The van der Waals surface area contributed by atoms with Crippen LogP contribution in [0.25, 0.3) is 21.1 Å². The zero-order valence-corrected chi connectivity index (χ0v) is 42.0. The first-order valence-corrected chi connectivity index (χ1v) is 26.5. The number of nitrogens with one attached hydrogen (secondary N) is 2. The number of aryl methyl sites for hydroxylation is 1. The second-order valence-electron chi connectivity index (χ2n) is 20.2. The van der Waals surface area contributed by atoms with E-state index >= 15 is 0 Å². The standard InChI is InChI=1S/C50H58F2N7O11PS/c1-49(2,3)43(54-45(62)40-26-31-25-32(11-14-39(31)72-40)50(51,52)71(66,67)68)47(64)58-21-18-37(42(58)46(63)57-22-23-69-38(28-57)30-8-6-5-7-9-30)70-33-16-19-56(20-17-33)27-29-10-12-34-36(24-29)55(4)48(65)59(34)35-13-15-41(60)53-44(35)61/h5-12,14,24-26,33,35,37-38,42-43H,13,15-23,27-28H2,1-4H3,(H,54,62)(H,53,60,61)(H2,66,67,68)/t35?,37-,38+,42+,43-/m1/s1. The molecule has 5 amide bonds. The molecule has 384 valence electrons. The number of alkyl halides is 2. The molecule has 0 aliphatic carbocycles. The number of morpholine rings is 1. The van der Waals surface area contributed by atoms with Crippen molar-refractivity contribution < 1.29 is 56.6 Å². The minimum absolute atomic E-state index is 0.0839. The lowest BCUT2D eigenvalue weighted by Gasteiger charge is -2.40. The lowest BCUT2D eigenvalue weighted by atomic mass is 9.85. The summed E-state index contributed by atoms with van der Waals surface area (Å²) in [6.45, 7) is 8.27. The SMILES string of the molecule is Cn1c(=O)n(C2CCC(=O)NC2=O)c2ccc(CN3CCC(O[C@@H]4CCN(C(=O)[C@@H](NC(=O)c5cc6cc(C(F)(F)P(=O)(O)O)ccc6s5)C(C)(C)C)[C@@H]4C(=O)N4CCO[C@H](c5ccccc5)C4)CC3)cc21. The number of amides is 5. The number of rotatable bonds is 12. The number of fused-ring (bicyclic) bond motifs is 2. The molecule has 1 unspecified atom stereocenters. The Morgan fingerprint density at radius 1 is 0.931 bits per heavy atom. The molecule has 0 spiro atoms. The summed E-state index contributed by atoms with van der Waals surface area (Å²) in [5.41, 5.74) is -3.40. The molecule has 22 heteroatoms. The number of imide groups is 1. The van der Waals surface area contributed by atoms with E-state index < -0.39 is 72.3 Å². The highest BCUT2D eigenvalue weighted by Gasteiger charge is 2.51. The van der Waals surface area contributed by atoms with E-state index in [2.05, 4.69) is 15.5 Å². The first-order chi connectivity index (χ1) is 34.1. The Hall–Kier alpha value is -5.67. The Balaban J connectivity index is 0.911. The van der Waals surface area contributed by atoms with Crippen LogP contribution in [0.15, 0.2) is 77.6 Å². The summed E-state index contributed by atoms with van der Waals surface area (Å²) >= 11 is 0.973. The highest BCUT2D eigenvalue weighted by molar-refractivity contribution is 7.52. The molecule has 0 radical (unpaired) electrons. The van der Waals surface area contributed by atoms with Gasteiger partial charge in [0, 0.05) is 56.5 Å². The van der Waals surface area contributed by atoms with Gasteiger partial charge in [-0.1, -0.05) is 63.2 Å². The number of benzene rings is 3. The van der Waals surface area contributed by atoms with Gasteiger partial charge in [0.05, 0.1) is 41.3 Å². The molecule has 5 atom stereocenters. The van der Waals surface area contributed by atoms with Crippen molar-refractivity contribution in [3.63, 3.8) is 0 Å². The van der Waals surface area contributed by atoms with Crippen LogP contribution < -0.4 is 16.3 Å². The predicted octanol–water partition coefficient (Wildman–Crippen LogP) is 5.15. The van der Waals surface area contributed by atoms with Gasteiger partial charge >= 0.3 is 18.9 Å². The summed E-state index contributed by atoms with van der Waals surface area (Å²) in [5.74, 6) is -2.30. The second-order valence-corrected chi connectivity index (χ2v) is 22.9. The van der Waals surface area contributed by atoms with Gasteiger partial charge in [0.25, 0.3) is 5.91 Å². The summed E-state index contributed by atoms with van der Waals surface area (Å²) in [6.07, 6.45) is 0.718. The van der Waals surface area contributed by atoms with Crippen LogP contribution in [0.2, 0.25) is 0 Å². The Morgan fingerprint density at radius 2 is 1.67 bits per heavy atom. The zero-order chi connectivity index (χ0) is 51.4. The van der Waals surface area contributed by atoms with E-state index in [0.29, 0.717) is 61.2 Å². The van der Waals surface area contributed by atoms with Crippen molar-refractivity contribution in [2.45, 2.75) is 102 Å². The molecule has 4 saturated heterocycles.